The number of amides is 2. The number of rotatable bonds is 6. The lowest BCUT2D eigenvalue weighted by Crippen LogP contribution is -2.19. The maximum Gasteiger partial charge on any atom is 0.242 e. The van der Waals surface area contributed by atoms with Crippen LogP contribution in [0.15, 0.2) is 77.7 Å². The number of halogens is 2. The topological polar surface area (TPSA) is 58.2 Å². The summed E-state index contributed by atoms with van der Waals surface area (Å²) in [6.45, 7) is 1.46. The number of hydrogen-bond acceptors (Lipinski definition) is 3. The van der Waals surface area contributed by atoms with Gasteiger partial charge in [0.1, 0.15) is 5.25 Å². The van der Waals surface area contributed by atoms with Crippen LogP contribution in [-0.2, 0) is 9.59 Å². The minimum absolute atomic E-state index is 0.131. The van der Waals surface area contributed by atoms with Crippen LogP contribution < -0.4 is 10.6 Å². The van der Waals surface area contributed by atoms with Gasteiger partial charge in [-0.1, -0.05) is 53.5 Å². The fourth-order valence-corrected chi connectivity index (χ4v) is 3.96. The molecule has 3 aromatic rings. The SMILES string of the molecule is CC(=O)Nc1ccc(SC(C(=O)Nc2ccc(Cl)c(Cl)c2)c2ccccc2)cc1. The summed E-state index contributed by atoms with van der Waals surface area (Å²) in [4.78, 5) is 25.1. The van der Waals surface area contributed by atoms with Crippen LogP contribution in [0.25, 0.3) is 0 Å². The van der Waals surface area contributed by atoms with Gasteiger partial charge in [0.25, 0.3) is 0 Å². The van der Waals surface area contributed by atoms with Crippen LogP contribution in [0.5, 0.6) is 0 Å². The first-order valence-electron chi connectivity index (χ1n) is 8.77. The van der Waals surface area contributed by atoms with E-state index in [1.807, 2.05) is 54.6 Å². The highest BCUT2D eigenvalue weighted by Crippen LogP contribution is 2.37. The molecule has 0 spiro atoms. The van der Waals surface area contributed by atoms with Gasteiger partial charge in [-0.15, -0.1) is 11.8 Å². The summed E-state index contributed by atoms with van der Waals surface area (Å²) in [6.07, 6.45) is 0. The Kier molecular flexibility index (Phi) is 7.20. The number of carbonyl (C=O) groups excluding carboxylic acids is 2. The Morgan fingerprint density at radius 1 is 0.828 bits per heavy atom. The molecule has 0 radical (unpaired) electrons. The smallest absolute Gasteiger partial charge is 0.242 e. The van der Waals surface area contributed by atoms with Gasteiger partial charge in [-0.25, -0.2) is 0 Å². The molecule has 0 bridgehead atoms. The van der Waals surface area contributed by atoms with Gasteiger partial charge in [-0.05, 0) is 48.0 Å². The van der Waals surface area contributed by atoms with Crippen LogP contribution in [0.3, 0.4) is 0 Å². The lowest BCUT2D eigenvalue weighted by atomic mass is 10.1. The third-order valence-corrected chi connectivity index (χ3v) is 5.96. The van der Waals surface area contributed by atoms with Crippen LogP contribution in [0.1, 0.15) is 17.7 Å². The summed E-state index contributed by atoms with van der Waals surface area (Å²) in [5, 5.41) is 5.97. The molecule has 0 saturated carbocycles. The fraction of sp³-hybridized carbons (Fsp3) is 0.0909. The summed E-state index contributed by atoms with van der Waals surface area (Å²) in [6, 6.07) is 21.9. The van der Waals surface area contributed by atoms with E-state index in [0.29, 0.717) is 21.4 Å². The predicted octanol–water partition coefficient (Wildman–Crippen LogP) is 6.42. The van der Waals surface area contributed by atoms with Crippen molar-refractivity contribution in [2.75, 3.05) is 10.6 Å². The van der Waals surface area contributed by atoms with Crippen molar-refractivity contribution in [2.45, 2.75) is 17.1 Å². The van der Waals surface area contributed by atoms with E-state index in [-0.39, 0.29) is 11.8 Å². The van der Waals surface area contributed by atoms with Gasteiger partial charge in [0.2, 0.25) is 11.8 Å². The van der Waals surface area contributed by atoms with E-state index >= 15 is 0 Å². The molecule has 3 rings (SSSR count). The van der Waals surface area contributed by atoms with Gasteiger partial charge < -0.3 is 10.6 Å². The molecule has 0 fully saturated rings. The van der Waals surface area contributed by atoms with Crippen molar-refractivity contribution in [3.8, 4) is 0 Å². The summed E-state index contributed by atoms with van der Waals surface area (Å²) in [5.74, 6) is -0.306. The van der Waals surface area contributed by atoms with Crippen LogP contribution >= 0.6 is 35.0 Å². The number of anilines is 2. The largest absolute Gasteiger partial charge is 0.326 e. The Morgan fingerprint density at radius 2 is 1.48 bits per heavy atom. The zero-order valence-electron chi connectivity index (χ0n) is 15.5. The van der Waals surface area contributed by atoms with Crippen LogP contribution in [0, 0.1) is 0 Å². The molecular formula is C22H18Cl2N2O2S. The molecule has 29 heavy (non-hydrogen) atoms. The van der Waals surface area contributed by atoms with E-state index in [1.165, 1.54) is 18.7 Å². The molecule has 0 heterocycles. The lowest BCUT2D eigenvalue weighted by Gasteiger charge is -2.17. The average Bonchev–Trinajstić information content (AvgIpc) is 2.70. The second-order valence-electron chi connectivity index (χ2n) is 6.23. The van der Waals surface area contributed by atoms with Gasteiger partial charge in [0, 0.05) is 23.2 Å². The third kappa shape index (κ3) is 6.00. The monoisotopic (exact) mass is 444 g/mol. The van der Waals surface area contributed by atoms with Gasteiger partial charge in [-0.3, -0.25) is 9.59 Å². The van der Waals surface area contributed by atoms with Crippen LogP contribution in [0.2, 0.25) is 10.0 Å². The molecule has 0 aliphatic heterocycles. The Labute approximate surface area is 183 Å². The molecule has 1 atom stereocenters. The summed E-state index contributed by atoms with van der Waals surface area (Å²) < 4.78 is 0. The first-order chi connectivity index (χ1) is 13.9. The second kappa shape index (κ2) is 9.83. The standard InChI is InChI=1S/C22H18Cl2N2O2S/c1-14(27)25-16-7-10-18(11-8-16)29-21(15-5-3-2-4-6-15)22(28)26-17-9-12-19(23)20(24)13-17/h2-13,21H,1H3,(H,25,27)(H,26,28). The number of benzene rings is 3. The number of thioether (sulfide) groups is 1. The van der Waals surface area contributed by atoms with Gasteiger partial charge in [0.15, 0.2) is 0 Å². The molecule has 0 saturated heterocycles. The van der Waals surface area contributed by atoms with Gasteiger partial charge in [-0.2, -0.15) is 0 Å². The van der Waals surface area contributed by atoms with E-state index in [9.17, 15) is 9.59 Å². The summed E-state index contributed by atoms with van der Waals surface area (Å²) in [5.41, 5.74) is 2.16. The second-order valence-corrected chi connectivity index (χ2v) is 8.23. The molecule has 7 heteroatoms. The van der Waals surface area contributed by atoms with E-state index in [1.54, 1.807) is 18.2 Å². The van der Waals surface area contributed by atoms with Crippen molar-refractivity contribution in [3.63, 3.8) is 0 Å². The maximum absolute atomic E-state index is 13.1. The van der Waals surface area contributed by atoms with E-state index in [0.717, 1.165) is 10.5 Å². The molecule has 148 valence electrons. The highest BCUT2D eigenvalue weighted by molar-refractivity contribution is 8.00. The minimum Gasteiger partial charge on any atom is -0.326 e. The zero-order valence-corrected chi connectivity index (χ0v) is 17.8. The van der Waals surface area contributed by atoms with Gasteiger partial charge >= 0.3 is 0 Å². The Morgan fingerprint density at radius 3 is 2.10 bits per heavy atom. The Balaban J connectivity index is 1.82. The quantitative estimate of drug-likeness (QED) is 0.430. The van der Waals surface area contributed by atoms with E-state index in [4.69, 9.17) is 23.2 Å². The maximum atomic E-state index is 13.1. The van der Waals surface area contributed by atoms with E-state index < -0.39 is 5.25 Å². The van der Waals surface area contributed by atoms with Crippen LogP contribution in [-0.4, -0.2) is 11.8 Å². The average molecular weight is 445 g/mol. The summed E-state index contributed by atoms with van der Waals surface area (Å²) in [7, 11) is 0. The molecule has 4 nitrogen and oxygen atoms in total. The number of carbonyl (C=O) groups is 2. The van der Waals surface area contributed by atoms with Crippen molar-refractivity contribution < 1.29 is 9.59 Å². The lowest BCUT2D eigenvalue weighted by molar-refractivity contribution is -0.116. The highest BCUT2D eigenvalue weighted by Gasteiger charge is 2.22. The number of hydrogen-bond donors (Lipinski definition) is 2. The molecule has 3 aromatic carbocycles. The molecule has 2 amide bonds. The third-order valence-electron chi connectivity index (χ3n) is 3.96. The van der Waals surface area contributed by atoms with Crippen LogP contribution in [0.4, 0.5) is 11.4 Å². The van der Waals surface area contributed by atoms with Crippen molar-refractivity contribution in [1.29, 1.82) is 0 Å². The first-order valence-corrected chi connectivity index (χ1v) is 10.4. The number of nitrogens with one attached hydrogen (secondary N) is 2. The summed E-state index contributed by atoms with van der Waals surface area (Å²) >= 11 is 13.4. The highest BCUT2D eigenvalue weighted by atomic mass is 35.5. The molecule has 0 aliphatic rings. The molecule has 2 N–H and O–H groups in total. The first kappa shape index (κ1) is 21.2. The van der Waals surface area contributed by atoms with E-state index in [2.05, 4.69) is 10.6 Å². The zero-order chi connectivity index (χ0) is 20.8. The Bertz CT molecular complexity index is 1010. The van der Waals surface area contributed by atoms with Crippen molar-refractivity contribution in [1.82, 2.24) is 0 Å². The van der Waals surface area contributed by atoms with Crippen molar-refractivity contribution >= 4 is 58.2 Å². The van der Waals surface area contributed by atoms with Crippen molar-refractivity contribution in [3.05, 3.63) is 88.4 Å². The predicted molar refractivity (Wildman–Crippen MR) is 121 cm³/mol. The van der Waals surface area contributed by atoms with Crippen molar-refractivity contribution in [2.24, 2.45) is 0 Å². The fourth-order valence-electron chi connectivity index (χ4n) is 2.64. The molecular weight excluding hydrogens is 427 g/mol. The Hall–Kier alpha value is -2.47. The molecule has 0 aliphatic carbocycles. The molecule has 1 unspecified atom stereocenters. The normalized spacial score (nSPS) is 11.6. The van der Waals surface area contributed by atoms with Gasteiger partial charge in [0.05, 0.1) is 10.0 Å². The minimum atomic E-state index is -0.475. The molecule has 0 aromatic heterocycles.